The topological polar surface area (TPSA) is 45.0 Å². The Balaban J connectivity index is 2.49. The van der Waals surface area contributed by atoms with E-state index in [1.54, 1.807) is 0 Å². The van der Waals surface area contributed by atoms with Gasteiger partial charge in [-0.3, -0.25) is 0 Å². The number of nitrogens with one attached hydrogen (secondary N) is 1. The molecule has 3 nitrogen and oxygen atoms in total. The van der Waals surface area contributed by atoms with Crippen LogP contribution >= 0.6 is 0 Å². The maximum atomic E-state index is 8.43. The molecule has 0 bridgehead atoms. The lowest BCUT2D eigenvalue weighted by Crippen LogP contribution is -2.21. The fourth-order valence-electron chi connectivity index (χ4n) is 1.67. The van der Waals surface area contributed by atoms with Crippen molar-refractivity contribution in [2.45, 2.75) is 20.8 Å². The molecule has 19 heavy (non-hydrogen) atoms. The molecule has 3 heteroatoms. The van der Waals surface area contributed by atoms with Gasteiger partial charge >= 0.3 is 0 Å². The highest BCUT2D eigenvalue weighted by Crippen LogP contribution is 2.14. The Morgan fingerprint density at radius 1 is 1.37 bits per heavy atom. The predicted octanol–water partition coefficient (Wildman–Crippen LogP) is 3.24. The number of nitriles is 1. The maximum Gasteiger partial charge on any atom is 0.174 e. The molecule has 0 heterocycles. The minimum Gasteiger partial charge on any atom is -0.479 e. The van der Waals surface area contributed by atoms with Crippen molar-refractivity contribution in [3.05, 3.63) is 35.4 Å². The first-order valence-corrected chi connectivity index (χ1v) is 6.59. The van der Waals surface area contributed by atoms with Gasteiger partial charge < -0.3 is 10.1 Å². The molecule has 1 N–H and O–H groups in total. The van der Waals surface area contributed by atoms with Gasteiger partial charge in [-0.25, -0.2) is 0 Å². The highest BCUT2D eigenvalue weighted by molar-refractivity contribution is 5.53. The van der Waals surface area contributed by atoms with Gasteiger partial charge in [0.15, 0.2) is 6.61 Å². The molecule has 0 aliphatic rings. The summed E-state index contributed by atoms with van der Waals surface area (Å²) in [7, 11) is 0. The highest BCUT2D eigenvalue weighted by Gasteiger charge is 1.96. The van der Waals surface area contributed by atoms with E-state index < -0.39 is 0 Å². The summed E-state index contributed by atoms with van der Waals surface area (Å²) in [5, 5.41) is 11.8. The third-order valence-electron chi connectivity index (χ3n) is 2.55. The third kappa shape index (κ3) is 6.64. The Morgan fingerprint density at radius 3 is 2.63 bits per heavy atom. The minimum absolute atomic E-state index is 0.0906. The van der Waals surface area contributed by atoms with Gasteiger partial charge in [-0.1, -0.05) is 37.6 Å². The van der Waals surface area contributed by atoms with Crippen molar-refractivity contribution >= 4 is 6.08 Å². The highest BCUT2D eigenvalue weighted by atomic mass is 16.5. The molecule has 0 aliphatic heterocycles. The number of ether oxygens (including phenoxy) is 1. The zero-order chi connectivity index (χ0) is 14.1. The monoisotopic (exact) mass is 258 g/mol. The fourth-order valence-corrected chi connectivity index (χ4v) is 1.67. The molecule has 0 aliphatic carbocycles. The second kappa shape index (κ2) is 8.34. The summed E-state index contributed by atoms with van der Waals surface area (Å²) in [4.78, 5) is 0. The van der Waals surface area contributed by atoms with Gasteiger partial charge in [0.25, 0.3) is 0 Å². The van der Waals surface area contributed by atoms with Gasteiger partial charge in [-0.05, 0) is 37.1 Å². The molecular weight excluding hydrogens is 236 g/mol. The van der Waals surface area contributed by atoms with E-state index in [0.29, 0.717) is 5.92 Å². The van der Waals surface area contributed by atoms with Crippen LogP contribution in [-0.2, 0) is 0 Å². The molecule has 1 aromatic carbocycles. The van der Waals surface area contributed by atoms with Crippen LogP contribution in [0.1, 0.15) is 26.3 Å². The fraction of sp³-hybridized carbons (Fsp3) is 0.438. The molecular formula is C16H22N2O. The summed E-state index contributed by atoms with van der Waals surface area (Å²) in [6.07, 6.45) is 2.15. The van der Waals surface area contributed by atoms with Crippen LogP contribution < -0.4 is 10.1 Å². The van der Waals surface area contributed by atoms with Gasteiger partial charge in [0.05, 0.1) is 0 Å². The van der Waals surface area contributed by atoms with E-state index in [2.05, 4.69) is 32.2 Å². The van der Waals surface area contributed by atoms with Crippen molar-refractivity contribution in [1.29, 1.82) is 5.26 Å². The van der Waals surface area contributed by atoms with Gasteiger partial charge in [0.2, 0.25) is 0 Å². The van der Waals surface area contributed by atoms with Gasteiger partial charge in [-0.15, -0.1) is 0 Å². The largest absolute Gasteiger partial charge is 0.479 e. The first-order valence-electron chi connectivity index (χ1n) is 6.59. The van der Waals surface area contributed by atoms with Gasteiger partial charge in [0, 0.05) is 6.54 Å². The molecule has 1 aromatic rings. The molecule has 1 rings (SSSR count). The van der Waals surface area contributed by atoms with Crippen LogP contribution in [0.3, 0.4) is 0 Å². The van der Waals surface area contributed by atoms with Crippen LogP contribution in [0.4, 0.5) is 0 Å². The Morgan fingerprint density at radius 2 is 2.05 bits per heavy atom. The predicted molar refractivity (Wildman–Crippen MR) is 78.9 cm³/mol. The van der Waals surface area contributed by atoms with E-state index >= 15 is 0 Å². The standard InChI is InChI=1S/C16H22N2O/c1-13(2)11-18-12-14(3)10-15-4-6-16(7-5-15)19-9-8-17/h4-7,10,13,18H,9,11-12H2,1-3H3. The van der Waals surface area contributed by atoms with E-state index in [4.69, 9.17) is 10.00 Å². The van der Waals surface area contributed by atoms with Crippen LogP contribution in [0.5, 0.6) is 5.75 Å². The maximum absolute atomic E-state index is 8.43. The van der Waals surface area contributed by atoms with Crippen molar-refractivity contribution in [3.63, 3.8) is 0 Å². The van der Waals surface area contributed by atoms with Crippen molar-refractivity contribution in [1.82, 2.24) is 5.32 Å². The first kappa shape index (κ1) is 15.3. The third-order valence-corrected chi connectivity index (χ3v) is 2.55. The molecule has 0 radical (unpaired) electrons. The van der Waals surface area contributed by atoms with E-state index in [1.165, 1.54) is 5.57 Å². The lowest BCUT2D eigenvalue weighted by Gasteiger charge is -2.08. The molecule has 0 amide bonds. The normalized spacial score (nSPS) is 11.4. The van der Waals surface area contributed by atoms with Crippen LogP contribution in [0.2, 0.25) is 0 Å². The molecule has 0 atom stereocenters. The summed E-state index contributed by atoms with van der Waals surface area (Å²) in [5.41, 5.74) is 2.44. The van der Waals surface area contributed by atoms with Crippen LogP contribution in [0, 0.1) is 17.2 Å². The molecule has 0 spiro atoms. The zero-order valence-electron chi connectivity index (χ0n) is 11.9. The van der Waals surface area contributed by atoms with Crippen molar-refractivity contribution in [2.24, 2.45) is 5.92 Å². The number of rotatable bonds is 7. The second-order valence-electron chi connectivity index (χ2n) is 5.03. The van der Waals surface area contributed by atoms with Crippen molar-refractivity contribution < 1.29 is 4.74 Å². The molecule has 0 saturated heterocycles. The van der Waals surface area contributed by atoms with E-state index in [1.807, 2.05) is 30.3 Å². The van der Waals surface area contributed by atoms with Crippen molar-refractivity contribution in [2.75, 3.05) is 19.7 Å². The number of hydrogen-bond acceptors (Lipinski definition) is 3. The average Bonchev–Trinajstić information content (AvgIpc) is 2.37. The second-order valence-corrected chi connectivity index (χ2v) is 5.03. The molecule has 102 valence electrons. The van der Waals surface area contributed by atoms with Crippen LogP contribution in [0.15, 0.2) is 29.8 Å². The molecule has 0 aromatic heterocycles. The smallest absolute Gasteiger partial charge is 0.174 e. The van der Waals surface area contributed by atoms with Gasteiger partial charge in [0.1, 0.15) is 11.8 Å². The Bertz CT molecular complexity index is 441. The average molecular weight is 258 g/mol. The Labute approximate surface area is 115 Å². The van der Waals surface area contributed by atoms with Crippen LogP contribution in [0.25, 0.3) is 6.08 Å². The zero-order valence-corrected chi connectivity index (χ0v) is 11.9. The summed E-state index contributed by atoms with van der Waals surface area (Å²) in [5.74, 6) is 1.40. The van der Waals surface area contributed by atoms with E-state index in [0.717, 1.165) is 24.4 Å². The summed E-state index contributed by atoms with van der Waals surface area (Å²) < 4.78 is 5.21. The molecule has 0 saturated carbocycles. The van der Waals surface area contributed by atoms with E-state index in [-0.39, 0.29) is 6.61 Å². The van der Waals surface area contributed by atoms with Crippen molar-refractivity contribution in [3.8, 4) is 11.8 Å². The number of nitrogens with zero attached hydrogens (tertiary/aromatic N) is 1. The Kier molecular flexibility index (Phi) is 6.70. The summed E-state index contributed by atoms with van der Waals surface area (Å²) >= 11 is 0. The van der Waals surface area contributed by atoms with Gasteiger partial charge in [-0.2, -0.15) is 5.26 Å². The van der Waals surface area contributed by atoms with E-state index in [9.17, 15) is 0 Å². The summed E-state index contributed by atoms with van der Waals surface area (Å²) in [6.45, 7) is 8.55. The minimum atomic E-state index is 0.0906. The van der Waals surface area contributed by atoms with Crippen LogP contribution in [-0.4, -0.2) is 19.7 Å². The molecule has 0 fully saturated rings. The first-order chi connectivity index (χ1) is 9.11. The quantitative estimate of drug-likeness (QED) is 0.816. The number of hydrogen-bond donors (Lipinski definition) is 1. The lowest BCUT2D eigenvalue weighted by molar-refractivity contribution is 0.368. The molecule has 0 unspecified atom stereocenters. The number of benzene rings is 1. The lowest BCUT2D eigenvalue weighted by atomic mass is 10.1. The Hall–Kier alpha value is -1.79. The SMILES string of the molecule is CC(=Cc1ccc(OCC#N)cc1)CNCC(C)C. The summed E-state index contributed by atoms with van der Waals surface area (Å²) in [6, 6.07) is 9.72.